The number of rotatable bonds is 7. The number of ether oxygens (including phenoxy) is 3. The smallest absolute Gasteiger partial charge is 0.242 e. The minimum absolute atomic E-state index is 0.0183. The summed E-state index contributed by atoms with van der Waals surface area (Å²) in [4.78, 5) is 24.6. The summed E-state index contributed by atoms with van der Waals surface area (Å²) >= 11 is 0. The predicted octanol–water partition coefficient (Wildman–Crippen LogP) is 2.30. The van der Waals surface area contributed by atoms with Crippen LogP contribution in [0.15, 0.2) is 47.4 Å². The molecule has 29 heavy (non-hydrogen) atoms. The summed E-state index contributed by atoms with van der Waals surface area (Å²) in [5, 5.41) is 7.55. The Labute approximate surface area is 168 Å². The highest BCUT2D eigenvalue weighted by atomic mass is 16.5. The third kappa shape index (κ3) is 4.16. The number of fused-ring (bicyclic) bond motifs is 1. The summed E-state index contributed by atoms with van der Waals surface area (Å²) in [6.45, 7) is 1.84. The Morgan fingerprint density at radius 2 is 1.76 bits per heavy atom. The SMILES string of the molecule is COc1cc(C(C)NC(=O)Cn2ncc(=O)c3ccccc32)cc(OC)c1OC. The van der Waals surface area contributed by atoms with E-state index in [4.69, 9.17) is 14.2 Å². The molecule has 1 heterocycles. The Hall–Kier alpha value is -3.55. The second kappa shape index (κ2) is 8.64. The van der Waals surface area contributed by atoms with Gasteiger partial charge in [0.1, 0.15) is 6.54 Å². The molecule has 0 bridgehead atoms. The summed E-state index contributed by atoms with van der Waals surface area (Å²) in [6, 6.07) is 10.3. The molecule has 0 saturated heterocycles. The van der Waals surface area contributed by atoms with Crippen molar-refractivity contribution in [3.8, 4) is 17.2 Å². The molecule has 8 heteroatoms. The van der Waals surface area contributed by atoms with E-state index in [2.05, 4.69) is 10.4 Å². The van der Waals surface area contributed by atoms with Crippen LogP contribution in [-0.4, -0.2) is 37.0 Å². The Balaban J connectivity index is 1.81. The fourth-order valence-electron chi connectivity index (χ4n) is 3.14. The van der Waals surface area contributed by atoms with Crippen LogP contribution >= 0.6 is 0 Å². The Bertz CT molecular complexity index is 1070. The van der Waals surface area contributed by atoms with Crippen molar-refractivity contribution < 1.29 is 19.0 Å². The molecule has 0 aliphatic carbocycles. The Morgan fingerprint density at radius 3 is 2.38 bits per heavy atom. The maximum absolute atomic E-state index is 12.6. The number of benzene rings is 2. The largest absolute Gasteiger partial charge is 0.493 e. The third-order valence-electron chi connectivity index (χ3n) is 4.62. The van der Waals surface area contributed by atoms with E-state index < -0.39 is 0 Å². The van der Waals surface area contributed by atoms with Gasteiger partial charge in [0.25, 0.3) is 0 Å². The van der Waals surface area contributed by atoms with Crippen molar-refractivity contribution in [3.63, 3.8) is 0 Å². The van der Waals surface area contributed by atoms with Crippen LogP contribution in [0.25, 0.3) is 10.9 Å². The van der Waals surface area contributed by atoms with E-state index in [0.29, 0.717) is 28.2 Å². The zero-order valence-electron chi connectivity index (χ0n) is 16.8. The highest BCUT2D eigenvalue weighted by molar-refractivity contribution is 5.81. The van der Waals surface area contributed by atoms with E-state index in [-0.39, 0.29) is 23.9 Å². The zero-order chi connectivity index (χ0) is 21.0. The molecule has 0 radical (unpaired) electrons. The maximum atomic E-state index is 12.6. The minimum atomic E-state index is -0.318. The Morgan fingerprint density at radius 1 is 1.10 bits per heavy atom. The van der Waals surface area contributed by atoms with Crippen LogP contribution in [0.1, 0.15) is 18.5 Å². The van der Waals surface area contributed by atoms with Crippen LogP contribution in [0.3, 0.4) is 0 Å². The van der Waals surface area contributed by atoms with Crippen LogP contribution in [0.2, 0.25) is 0 Å². The molecule has 2 aromatic carbocycles. The Kier molecular flexibility index (Phi) is 6.01. The molecule has 0 saturated carbocycles. The lowest BCUT2D eigenvalue weighted by molar-refractivity contribution is -0.122. The standard InChI is InChI=1S/C21H23N3O5/c1-13(14-9-18(27-2)21(29-4)19(10-14)28-3)23-20(26)12-24-16-8-6-5-7-15(16)17(25)11-22-24/h5-11,13H,12H2,1-4H3,(H,23,26). The molecular formula is C21H23N3O5. The molecular weight excluding hydrogens is 374 g/mol. The summed E-state index contributed by atoms with van der Waals surface area (Å²) in [5.74, 6) is 1.26. The predicted molar refractivity (Wildman–Crippen MR) is 109 cm³/mol. The monoisotopic (exact) mass is 397 g/mol. The molecule has 3 aromatic rings. The van der Waals surface area contributed by atoms with Crippen molar-refractivity contribution >= 4 is 16.8 Å². The molecule has 1 unspecified atom stereocenters. The van der Waals surface area contributed by atoms with E-state index in [0.717, 1.165) is 5.56 Å². The first-order chi connectivity index (χ1) is 14.0. The van der Waals surface area contributed by atoms with Crippen molar-refractivity contribution in [2.75, 3.05) is 21.3 Å². The van der Waals surface area contributed by atoms with E-state index in [1.165, 1.54) is 32.2 Å². The summed E-state index contributed by atoms with van der Waals surface area (Å²) in [6.07, 6.45) is 1.22. The van der Waals surface area contributed by atoms with Crippen molar-refractivity contribution in [1.29, 1.82) is 0 Å². The molecule has 8 nitrogen and oxygen atoms in total. The van der Waals surface area contributed by atoms with Gasteiger partial charge in [0.2, 0.25) is 17.1 Å². The quantitative estimate of drug-likeness (QED) is 0.658. The van der Waals surface area contributed by atoms with Crippen LogP contribution < -0.4 is 25.0 Å². The topological polar surface area (TPSA) is 91.7 Å². The number of amides is 1. The van der Waals surface area contributed by atoms with Crippen LogP contribution in [0, 0.1) is 0 Å². The second-order valence-corrected chi connectivity index (χ2v) is 6.43. The average Bonchev–Trinajstić information content (AvgIpc) is 2.74. The molecule has 152 valence electrons. The normalized spacial score (nSPS) is 11.7. The number of hydrogen-bond donors (Lipinski definition) is 1. The third-order valence-corrected chi connectivity index (χ3v) is 4.62. The van der Waals surface area contributed by atoms with Gasteiger partial charge in [-0.2, -0.15) is 5.10 Å². The number of methoxy groups -OCH3 is 3. The summed E-state index contributed by atoms with van der Waals surface area (Å²) in [5.41, 5.74) is 1.23. The zero-order valence-corrected chi connectivity index (χ0v) is 16.8. The van der Waals surface area contributed by atoms with Gasteiger partial charge in [-0.05, 0) is 36.8 Å². The van der Waals surface area contributed by atoms with Gasteiger partial charge < -0.3 is 19.5 Å². The van der Waals surface area contributed by atoms with Gasteiger partial charge in [-0.15, -0.1) is 0 Å². The molecule has 0 aliphatic heterocycles. The first kappa shape index (κ1) is 20.2. The fraction of sp³-hybridized carbons (Fsp3) is 0.286. The number of carbonyl (C=O) groups is 1. The number of aromatic nitrogens is 2. The van der Waals surface area contributed by atoms with E-state index >= 15 is 0 Å². The lowest BCUT2D eigenvalue weighted by Crippen LogP contribution is -2.31. The van der Waals surface area contributed by atoms with Gasteiger partial charge >= 0.3 is 0 Å². The van der Waals surface area contributed by atoms with Crippen molar-refractivity contribution in [2.45, 2.75) is 19.5 Å². The second-order valence-electron chi connectivity index (χ2n) is 6.43. The van der Waals surface area contributed by atoms with Gasteiger partial charge in [0, 0.05) is 5.39 Å². The van der Waals surface area contributed by atoms with E-state index in [9.17, 15) is 9.59 Å². The molecule has 1 amide bonds. The number of nitrogens with one attached hydrogen (secondary N) is 1. The fourth-order valence-corrected chi connectivity index (χ4v) is 3.14. The van der Waals surface area contributed by atoms with Crippen LogP contribution in [0.5, 0.6) is 17.2 Å². The highest BCUT2D eigenvalue weighted by Gasteiger charge is 2.18. The van der Waals surface area contributed by atoms with E-state index in [1.807, 2.05) is 6.92 Å². The van der Waals surface area contributed by atoms with Gasteiger partial charge in [-0.1, -0.05) is 12.1 Å². The lowest BCUT2D eigenvalue weighted by atomic mass is 10.1. The van der Waals surface area contributed by atoms with E-state index in [1.54, 1.807) is 36.4 Å². The van der Waals surface area contributed by atoms with Gasteiger partial charge in [0.15, 0.2) is 11.5 Å². The molecule has 3 rings (SSSR count). The number of hydrogen-bond acceptors (Lipinski definition) is 6. The summed E-state index contributed by atoms with van der Waals surface area (Å²) < 4.78 is 17.6. The summed E-state index contributed by atoms with van der Waals surface area (Å²) in [7, 11) is 4.61. The molecule has 1 atom stereocenters. The highest BCUT2D eigenvalue weighted by Crippen LogP contribution is 2.39. The van der Waals surface area contributed by atoms with Gasteiger partial charge in [-0.25, -0.2) is 0 Å². The number of nitrogens with zero attached hydrogens (tertiary/aromatic N) is 2. The minimum Gasteiger partial charge on any atom is -0.493 e. The van der Waals surface area contributed by atoms with Crippen LogP contribution in [-0.2, 0) is 11.3 Å². The molecule has 1 aromatic heterocycles. The maximum Gasteiger partial charge on any atom is 0.242 e. The first-order valence-electron chi connectivity index (χ1n) is 9.02. The molecule has 1 N–H and O–H groups in total. The van der Waals surface area contributed by atoms with Gasteiger partial charge in [0.05, 0.1) is 39.1 Å². The molecule has 0 spiro atoms. The molecule has 0 fully saturated rings. The lowest BCUT2D eigenvalue weighted by Gasteiger charge is -2.19. The van der Waals surface area contributed by atoms with Crippen molar-refractivity contribution in [1.82, 2.24) is 15.1 Å². The number of para-hydroxylation sites is 1. The van der Waals surface area contributed by atoms with Crippen molar-refractivity contribution in [3.05, 3.63) is 58.4 Å². The van der Waals surface area contributed by atoms with Crippen LogP contribution in [0.4, 0.5) is 0 Å². The van der Waals surface area contributed by atoms with Gasteiger partial charge in [-0.3, -0.25) is 14.3 Å². The van der Waals surface area contributed by atoms with Crippen molar-refractivity contribution in [2.24, 2.45) is 0 Å². The number of carbonyl (C=O) groups excluding carboxylic acids is 1. The average molecular weight is 397 g/mol. The first-order valence-corrected chi connectivity index (χ1v) is 9.02. The molecule has 0 aliphatic rings.